The van der Waals surface area contributed by atoms with Crippen LogP contribution in [0.1, 0.15) is 28.6 Å². The van der Waals surface area contributed by atoms with E-state index in [1.54, 1.807) is 38.3 Å². The molecule has 0 atom stereocenters. The van der Waals surface area contributed by atoms with Crippen LogP contribution in [0.4, 0.5) is 0 Å². The molecule has 2 aromatic rings. The molecular weight excluding hydrogens is 296 g/mol. The lowest BCUT2D eigenvalue weighted by Gasteiger charge is -2.25. The Bertz CT molecular complexity index is 721. The van der Waals surface area contributed by atoms with E-state index in [1.807, 2.05) is 11.1 Å². The molecule has 3 rings (SSSR count). The van der Waals surface area contributed by atoms with Crippen molar-refractivity contribution in [1.29, 1.82) is 0 Å². The number of benzene rings is 1. The molecule has 7 heteroatoms. The summed E-state index contributed by atoms with van der Waals surface area (Å²) >= 11 is 0. The lowest BCUT2D eigenvalue weighted by atomic mass is 10.1. The van der Waals surface area contributed by atoms with E-state index in [1.165, 1.54) is 0 Å². The van der Waals surface area contributed by atoms with Crippen molar-refractivity contribution < 1.29 is 13.9 Å². The molecule has 0 aliphatic carbocycles. The largest absolute Gasteiger partial charge is 0.497 e. The molecule has 0 spiro atoms. The zero-order valence-corrected chi connectivity index (χ0v) is 13.1. The van der Waals surface area contributed by atoms with Crippen LogP contribution in [0.3, 0.4) is 0 Å². The summed E-state index contributed by atoms with van der Waals surface area (Å²) in [5, 5.41) is 9.71. The van der Waals surface area contributed by atoms with E-state index in [2.05, 4.69) is 15.6 Å². The molecule has 7 nitrogen and oxygen atoms in total. The van der Waals surface area contributed by atoms with Gasteiger partial charge in [-0.1, -0.05) is 6.08 Å². The Labute approximate surface area is 133 Å². The summed E-state index contributed by atoms with van der Waals surface area (Å²) in [6, 6.07) is 7.00. The molecule has 0 fully saturated rings. The maximum Gasteiger partial charge on any atom is 0.265 e. The second kappa shape index (κ2) is 6.62. The van der Waals surface area contributed by atoms with Crippen molar-refractivity contribution in [2.24, 2.45) is 0 Å². The van der Waals surface area contributed by atoms with Gasteiger partial charge >= 0.3 is 0 Å². The van der Waals surface area contributed by atoms with Gasteiger partial charge in [0.05, 0.1) is 7.11 Å². The van der Waals surface area contributed by atoms with E-state index in [-0.39, 0.29) is 5.91 Å². The molecule has 0 saturated heterocycles. The Hall–Kier alpha value is -2.67. The average Bonchev–Trinajstić information content (AvgIpc) is 3.02. The van der Waals surface area contributed by atoms with Crippen molar-refractivity contribution in [3.05, 3.63) is 47.7 Å². The Morgan fingerprint density at radius 3 is 2.65 bits per heavy atom. The third kappa shape index (κ3) is 3.57. The number of carbonyl (C=O) groups excluding carboxylic acids is 1. The molecule has 1 aromatic carbocycles. The Balaban J connectivity index is 1.59. The fraction of sp³-hybridized carbons (Fsp3) is 0.312. The predicted molar refractivity (Wildman–Crippen MR) is 83.7 cm³/mol. The number of carbonyl (C=O) groups is 1. The molecule has 1 aromatic heterocycles. The zero-order valence-electron chi connectivity index (χ0n) is 13.1. The second-order valence-electron chi connectivity index (χ2n) is 5.22. The van der Waals surface area contributed by atoms with E-state index in [0.717, 1.165) is 17.7 Å². The first-order valence-corrected chi connectivity index (χ1v) is 7.35. The van der Waals surface area contributed by atoms with Gasteiger partial charge in [-0.2, -0.15) is 0 Å². The highest BCUT2D eigenvalue weighted by atomic mass is 16.5. The number of amides is 1. The first-order valence-electron chi connectivity index (χ1n) is 7.35. The molecule has 0 radical (unpaired) electrons. The van der Waals surface area contributed by atoms with E-state index >= 15 is 0 Å². The smallest absolute Gasteiger partial charge is 0.265 e. The van der Waals surface area contributed by atoms with Gasteiger partial charge in [0.2, 0.25) is 11.8 Å². The lowest BCUT2D eigenvalue weighted by molar-refractivity contribution is 0.0806. The van der Waals surface area contributed by atoms with Gasteiger partial charge in [-0.25, -0.2) is 5.01 Å². The minimum absolute atomic E-state index is 0.141. The van der Waals surface area contributed by atoms with Gasteiger partial charge in [0.15, 0.2) is 0 Å². The maximum atomic E-state index is 12.2. The van der Waals surface area contributed by atoms with Crippen molar-refractivity contribution in [2.75, 3.05) is 20.2 Å². The van der Waals surface area contributed by atoms with Gasteiger partial charge < -0.3 is 9.15 Å². The first kappa shape index (κ1) is 15.2. The minimum Gasteiger partial charge on any atom is -0.497 e. The second-order valence-corrected chi connectivity index (χ2v) is 5.22. The molecule has 120 valence electrons. The number of methoxy groups -OCH3 is 1. The van der Waals surface area contributed by atoms with Crippen molar-refractivity contribution in [3.8, 4) is 5.75 Å². The third-order valence-corrected chi connectivity index (χ3v) is 3.62. The van der Waals surface area contributed by atoms with Crippen LogP contribution in [-0.4, -0.2) is 41.3 Å². The SMILES string of the molecule is COc1ccc(C(=O)NN2CC=C(c3nnc(C)o3)CC2)cc1. The van der Waals surface area contributed by atoms with Crippen molar-refractivity contribution in [1.82, 2.24) is 20.6 Å². The van der Waals surface area contributed by atoms with Gasteiger partial charge in [0.1, 0.15) is 5.75 Å². The van der Waals surface area contributed by atoms with Gasteiger partial charge in [-0.3, -0.25) is 10.2 Å². The van der Waals surface area contributed by atoms with E-state index in [4.69, 9.17) is 9.15 Å². The third-order valence-electron chi connectivity index (χ3n) is 3.62. The molecule has 2 heterocycles. The molecule has 1 aliphatic heterocycles. The summed E-state index contributed by atoms with van der Waals surface area (Å²) in [6.07, 6.45) is 2.73. The number of rotatable bonds is 4. The van der Waals surface area contributed by atoms with Crippen LogP contribution in [0.5, 0.6) is 5.75 Å². The summed E-state index contributed by atoms with van der Waals surface area (Å²) in [4.78, 5) is 12.2. The molecule has 23 heavy (non-hydrogen) atoms. The molecule has 0 saturated carbocycles. The van der Waals surface area contributed by atoms with E-state index in [0.29, 0.717) is 30.4 Å². The number of aromatic nitrogens is 2. The fourth-order valence-corrected chi connectivity index (χ4v) is 2.34. The number of nitrogens with one attached hydrogen (secondary N) is 1. The fourth-order valence-electron chi connectivity index (χ4n) is 2.34. The monoisotopic (exact) mass is 314 g/mol. The standard InChI is InChI=1S/C16H18N4O3/c1-11-17-18-16(23-11)13-7-9-20(10-8-13)19-15(21)12-3-5-14(22-2)6-4-12/h3-7H,8-10H2,1-2H3,(H,19,21). The summed E-state index contributed by atoms with van der Waals surface area (Å²) < 4.78 is 10.5. The van der Waals surface area contributed by atoms with Crippen molar-refractivity contribution >= 4 is 11.5 Å². The minimum atomic E-state index is -0.141. The first-order chi connectivity index (χ1) is 11.2. The normalized spacial score (nSPS) is 15.1. The molecule has 0 unspecified atom stereocenters. The van der Waals surface area contributed by atoms with Crippen LogP contribution in [-0.2, 0) is 0 Å². The Morgan fingerprint density at radius 1 is 1.30 bits per heavy atom. The summed E-state index contributed by atoms with van der Waals surface area (Å²) in [5.74, 6) is 1.69. The van der Waals surface area contributed by atoms with E-state index < -0.39 is 0 Å². The quantitative estimate of drug-likeness (QED) is 0.927. The molecule has 1 N–H and O–H groups in total. The van der Waals surface area contributed by atoms with Gasteiger partial charge in [0.25, 0.3) is 5.91 Å². The Kier molecular flexibility index (Phi) is 4.38. The summed E-state index contributed by atoms with van der Waals surface area (Å²) in [5.41, 5.74) is 4.50. The topological polar surface area (TPSA) is 80.5 Å². The molecule has 1 amide bonds. The molecule has 1 aliphatic rings. The number of nitrogens with zero attached hydrogens (tertiary/aromatic N) is 3. The predicted octanol–water partition coefficient (Wildman–Crippen LogP) is 1.82. The van der Waals surface area contributed by atoms with Crippen LogP contribution < -0.4 is 10.2 Å². The highest BCUT2D eigenvalue weighted by molar-refractivity contribution is 5.94. The van der Waals surface area contributed by atoms with E-state index in [9.17, 15) is 4.79 Å². The summed E-state index contributed by atoms with van der Waals surface area (Å²) in [7, 11) is 1.59. The zero-order chi connectivity index (χ0) is 16.2. The highest BCUT2D eigenvalue weighted by Gasteiger charge is 2.18. The van der Waals surface area contributed by atoms with Gasteiger partial charge in [-0.05, 0) is 30.7 Å². The van der Waals surface area contributed by atoms with Crippen LogP contribution in [0.25, 0.3) is 5.57 Å². The van der Waals surface area contributed by atoms with Crippen molar-refractivity contribution in [2.45, 2.75) is 13.3 Å². The number of hydrogen-bond acceptors (Lipinski definition) is 6. The number of aryl methyl sites for hydroxylation is 1. The number of hydrazine groups is 1. The highest BCUT2D eigenvalue weighted by Crippen LogP contribution is 2.20. The van der Waals surface area contributed by atoms with Crippen LogP contribution >= 0.6 is 0 Å². The maximum absolute atomic E-state index is 12.2. The number of ether oxygens (including phenoxy) is 1. The van der Waals surface area contributed by atoms with Crippen molar-refractivity contribution in [3.63, 3.8) is 0 Å². The molecular formula is C16H18N4O3. The van der Waals surface area contributed by atoms with Gasteiger partial charge in [0, 0.05) is 31.1 Å². The van der Waals surface area contributed by atoms with Crippen LogP contribution in [0.2, 0.25) is 0 Å². The number of hydrogen-bond donors (Lipinski definition) is 1. The van der Waals surface area contributed by atoms with Gasteiger partial charge in [-0.15, -0.1) is 10.2 Å². The Morgan fingerprint density at radius 2 is 2.09 bits per heavy atom. The lowest BCUT2D eigenvalue weighted by Crippen LogP contribution is -2.44. The molecule has 0 bridgehead atoms. The van der Waals surface area contributed by atoms with Crippen LogP contribution in [0.15, 0.2) is 34.8 Å². The summed E-state index contributed by atoms with van der Waals surface area (Å²) in [6.45, 7) is 3.05. The van der Waals surface area contributed by atoms with Crippen LogP contribution in [0, 0.1) is 6.92 Å². The average molecular weight is 314 g/mol.